The first-order valence-corrected chi connectivity index (χ1v) is 13.2. The maximum absolute atomic E-state index is 13.1. The van der Waals surface area contributed by atoms with Crippen LogP contribution in [0.4, 0.5) is 5.69 Å². The first-order chi connectivity index (χ1) is 17.6. The number of hydrogen-bond acceptors (Lipinski definition) is 6. The normalized spacial score (nSPS) is 11.3. The van der Waals surface area contributed by atoms with Gasteiger partial charge in [-0.15, -0.1) is 0 Å². The summed E-state index contributed by atoms with van der Waals surface area (Å²) in [5.74, 6) is 0.365. The van der Waals surface area contributed by atoms with Gasteiger partial charge in [0.2, 0.25) is 9.84 Å². The SMILES string of the molecule is COc1cc(NC(=O)c2ccn(COc3cc(C)c(Cl)c(C)c3)n2)cc(S(=O)(=O)c2ccc(Cl)cc2)c1. The number of ether oxygens (including phenoxy) is 2. The predicted octanol–water partition coefficient (Wildman–Crippen LogP) is 5.94. The van der Waals surface area contributed by atoms with Crippen LogP contribution in [0.1, 0.15) is 21.6 Å². The fourth-order valence-corrected chi connectivity index (χ4v) is 5.10. The van der Waals surface area contributed by atoms with Gasteiger partial charge in [0.25, 0.3) is 5.91 Å². The third-order valence-electron chi connectivity index (χ3n) is 5.45. The molecule has 0 atom stereocenters. The second-order valence-corrected chi connectivity index (χ2v) is 11.0. The van der Waals surface area contributed by atoms with Gasteiger partial charge in [0.15, 0.2) is 12.4 Å². The van der Waals surface area contributed by atoms with E-state index in [2.05, 4.69) is 10.4 Å². The molecule has 0 bridgehead atoms. The number of amides is 1. The molecule has 4 aromatic rings. The highest BCUT2D eigenvalue weighted by Crippen LogP contribution is 2.29. The van der Waals surface area contributed by atoms with Crippen LogP contribution in [0.15, 0.2) is 76.7 Å². The van der Waals surface area contributed by atoms with Gasteiger partial charge in [-0.2, -0.15) is 5.10 Å². The predicted molar refractivity (Wildman–Crippen MR) is 142 cm³/mol. The first-order valence-electron chi connectivity index (χ1n) is 11.0. The van der Waals surface area contributed by atoms with E-state index in [4.69, 9.17) is 32.7 Å². The quantitative estimate of drug-likeness (QED) is 0.287. The van der Waals surface area contributed by atoms with Gasteiger partial charge in [-0.1, -0.05) is 23.2 Å². The Labute approximate surface area is 224 Å². The third-order valence-corrected chi connectivity index (χ3v) is 8.05. The number of nitrogens with zero attached hydrogens (tertiary/aromatic N) is 2. The average Bonchev–Trinajstić information content (AvgIpc) is 3.35. The van der Waals surface area contributed by atoms with Crippen molar-refractivity contribution in [2.45, 2.75) is 30.4 Å². The molecule has 1 aromatic heterocycles. The molecule has 1 heterocycles. The minimum absolute atomic E-state index is 0.0445. The number of hydrogen-bond donors (Lipinski definition) is 1. The van der Waals surface area contributed by atoms with Crippen LogP contribution in [-0.4, -0.2) is 31.2 Å². The Morgan fingerprint density at radius 1 is 0.946 bits per heavy atom. The maximum atomic E-state index is 13.1. The van der Waals surface area contributed by atoms with E-state index in [1.165, 1.54) is 60.3 Å². The van der Waals surface area contributed by atoms with Crippen LogP contribution >= 0.6 is 23.2 Å². The second kappa shape index (κ2) is 10.8. The van der Waals surface area contributed by atoms with Crippen LogP contribution in [0.2, 0.25) is 10.0 Å². The van der Waals surface area contributed by atoms with Gasteiger partial charge >= 0.3 is 0 Å². The van der Waals surface area contributed by atoms with Crippen molar-refractivity contribution in [3.8, 4) is 11.5 Å². The van der Waals surface area contributed by atoms with Crippen LogP contribution in [-0.2, 0) is 16.6 Å². The van der Waals surface area contributed by atoms with E-state index in [9.17, 15) is 13.2 Å². The third kappa shape index (κ3) is 6.07. The Balaban J connectivity index is 1.50. The summed E-state index contributed by atoms with van der Waals surface area (Å²) in [5.41, 5.74) is 2.15. The molecule has 0 spiro atoms. The smallest absolute Gasteiger partial charge is 0.276 e. The minimum atomic E-state index is -3.88. The van der Waals surface area contributed by atoms with Crippen molar-refractivity contribution in [2.24, 2.45) is 0 Å². The largest absolute Gasteiger partial charge is 0.497 e. The summed E-state index contributed by atoms with van der Waals surface area (Å²) in [5, 5.41) is 8.03. The topological polar surface area (TPSA) is 99.5 Å². The number of methoxy groups -OCH3 is 1. The lowest BCUT2D eigenvalue weighted by Crippen LogP contribution is -2.15. The summed E-state index contributed by atoms with van der Waals surface area (Å²) in [4.78, 5) is 12.9. The highest BCUT2D eigenvalue weighted by atomic mass is 35.5. The van der Waals surface area contributed by atoms with E-state index < -0.39 is 15.7 Å². The van der Waals surface area contributed by atoms with Crippen molar-refractivity contribution in [3.63, 3.8) is 0 Å². The molecule has 8 nitrogen and oxygen atoms in total. The second-order valence-electron chi connectivity index (χ2n) is 8.19. The zero-order valence-corrected chi connectivity index (χ0v) is 22.5. The number of aryl methyl sites for hydroxylation is 2. The van der Waals surface area contributed by atoms with E-state index in [1.807, 2.05) is 26.0 Å². The van der Waals surface area contributed by atoms with E-state index in [0.29, 0.717) is 15.8 Å². The molecule has 0 radical (unpaired) electrons. The van der Waals surface area contributed by atoms with Gasteiger partial charge in [0, 0.05) is 28.0 Å². The molecule has 4 rings (SSSR count). The Morgan fingerprint density at radius 2 is 1.62 bits per heavy atom. The zero-order valence-electron chi connectivity index (χ0n) is 20.2. The van der Waals surface area contributed by atoms with E-state index in [0.717, 1.165) is 11.1 Å². The van der Waals surface area contributed by atoms with Gasteiger partial charge in [0.05, 0.1) is 16.9 Å². The van der Waals surface area contributed by atoms with Crippen LogP contribution in [0.5, 0.6) is 11.5 Å². The van der Waals surface area contributed by atoms with Crippen molar-refractivity contribution in [1.82, 2.24) is 9.78 Å². The first kappa shape index (κ1) is 26.5. The zero-order chi connectivity index (χ0) is 26.7. The maximum Gasteiger partial charge on any atom is 0.276 e. The number of aromatic nitrogens is 2. The molecule has 37 heavy (non-hydrogen) atoms. The number of anilines is 1. The monoisotopic (exact) mass is 559 g/mol. The lowest BCUT2D eigenvalue weighted by Gasteiger charge is -2.11. The summed E-state index contributed by atoms with van der Waals surface area (Å²) < 4.78 is 38.7. The molecule has 0 unspecified atom stereocenters. The van der Waals surface area contributed by atoms with Gasteiger partial charge in [-0.3, -0.25) is 4.79 Å². The number of halogens is 2. The highest BCUT2D eigenvalue weighted by Gasteiger charge is 2.21. The molecular weight excluding hydrogens is 537 g/mol. The van der Waals surface area contributed by atoms with E-state index in [1.54, 1.807) is 6.20 Å². The molecule has 0 fully saturated rings. The lowest BCUT2D eigenvalue weighted by atomic mass is 10.1. The molecule has 0 aliphatic heterocycles. The van der Waals surface area contributed by atoms with Gasteiger partial charge < -0.3 is 14.8 Å². The Kier molecular flexibility index (Phi) is 7.77. The van der Waals surface area contributed by atoms with Crippen LogP contribution in [0.25, 0.3) is 0 Å². The summed E-state index contributed by atoms with van der Waals surface area (Å²) >= 11 is 12.1. The molecular formula is C26H23Cl2N3O5S. The Morgan fingerprint density at radius 3 is 2.27 bits per heavy atom. The van der Waals surface area contributed by atoms with Crippen molar-refractivity contribution in [3.05, 3.63) is 93.7 Å². The number of nitrogens with one attached hydrogen (secondary N) is 1. The highest BCUT2D eigenvalue weighted by molar-refractivity contribution is 7.91. The Hall–Kier alpha value is -3.53. The number of benzene rings is 3. The van der Waals surface area contributed by atoms with Crippen molar-refractivity contribution in [1.29, 1.82) is 0 Å². The van der Waals surface area contributed by atoms with Crippen LogP contribution in [0, 0.1) is 13.8 Å². The molecule has 1 N–H and O–H groups in total. The van der Waals surface area contributed by atoms with Gasteiger partial charge in [-0.25, -0.2) is 13.1 Å². The van der Waals surface area contributed by atoms with Crippen LogP contribution in [0.3, 0.4) is 0 Å². The summed E-state index contributed by atoms with van der Waals surface area (Å²) in [7, 11) is -2.48. The molecule has 3 aromatic carbocycles. The lowest BCUT2D eigenvalue weighted by molar-refractivity contribution is 0.102. The van der Waals surface area contributed by atoms with Crippen molar-refractivity contribution >= 4 is 44.6 Å². The Bertz CT molecular complexity index is 1540. The van der Waals surface area contributed by atoms with E-state index >= 15 is 0 Å². The standard InChI is InChI=1S/C26H23Cl2N3O5S/c1-16-10-21(11-17(2)25(16)28)36-15-31-9-8-24(30-31)26(32)29-19-12-20(35-3)14-23(13-19)37(33,34)22-6-4-18(27)5-7-22/h4-14H,15H2,1-3H3,(H,29,32). The molecule has 0 saturated carbocycles. The van der Waals surface area contributed by atoms with E-state index in [-0.39, 0.29) is 33.7 Å². The van der Waals surface area contributed by atoms with Gasteiger partial charge in [-0.05, 0) is 79.6 Å². The fraction of sp³-hybridized carbons (Fsp3) is 0.154. The molecule has 0 aliphatic carbocycles. The molecule has 11 heteroatoms. The average molecular weight is 560 g/mol. The number of sulfone groups is 1. The molecule has 0 saturated heterocycles. The van der Waals surface area contributed by atoms with Crippen molar-refractivity contribution < 1.29 is 22.7 Å². The van der Waals surface area contributed by atoms with Crippen molar-refractivity contribution in [2.75, 3.05) is 12.4 Å². The van der Waals surface area contributed by atoms with Gasteiger partial charge in [0.1, 0.15) is 11.5 Å². The molecule has 0 aliphatic rings. The fourth-order valence-electron chi connectivity index (χ4n) is 3.55. The summed E-state index contributed by atoms with van der Waals surface area (Å²) in [6.45, 7) is 3.86. The number of carbonyl (C=O) groups is 1. The molecule has 1 amide bonds. The number of rotatable bonds is 8. The minimum Gasteiger partial charge on any atom is -0.497 e. The van der Waals surface area contributed by atoms with Crippen LogP contribution < -0.4 is 14.8 Å². The summed E-state index contributed by atoms with van der Waals surface area (Å²) in [6, 6.07) is 15.2. The number of carbonyl (C=O) groups excluding carboxylic acids is 1. The summed E-state index contributed by atoms with van der Waals surface area (Å²) in [6.07, 6.45) is 1.60. The molecule has 192 valence electrons.